The molecular weight excluding hydrogens is 486 g/mol. The van der Waals surface area contributed by atoms with E-state index >= 15 is 0 Å². The number of thiazole rings is 1. The lowest BCUT2D eigenvalue weighted by Crippen LogP contribution is -2.11. The van der Waals surface area contributed by atoms with Gasteiger partial charge in [-0.25, -0.2) is 9.37 Å². The fourth-order valence-electron chi connectivity index (χ4n) is 4.28. The van der Waals surface area contributed by atoms with Crippen LogP contribution in [0.15, 0.2) is 66.9 Å². The standard InChI is InChI=1S/C21H17F4N.C7H10N2S/c1-14-7-8-20(26-13-14)19(9-15-5-3-2-4-6-15)16-10-17(21(23,24)25)12-18(22)11-16;8-7-9-5-3-1-2-4-6(5)10-7/h2-8,10-13,19H,9H2,1H3;1-4H2,(H2,8,9)/t19-;/m1./s1. The van der Waals surface area contributed by atoms with Gasteiger partial charge in [-0.3, -0.25) is 4.98 Å². The number of aromatic nitrogens is 2. The normalized spacial score (nSPS) is 13.9. The van der Waals surface area contributed by atoms with Gasteiger partial charge in [0, 0.05) is 22.7 Å². The van der Waals surface area contributed by atoms with Crippen LogP contribution in [0, 0.1) is 12.7 Å². The molecule has 1 atom stereocenters. The fraction of sp³-hybridized carbons (Fsp3) is 0.286. The Hall–Kier alpha value is -3.26. The fourth-order valence-corrected chi connectivity index (χ4v) is 5.20. The molecule has 188 valence electrons. The van der Waals surface area contributed by atoms with Gasteiger partial charge in [-0.05, 0) is 80.0 Å². The Morgan fingerprint density at radius 3 is 2.42 bits per heavy atom. The number of alkyl halides is 3. The number of nitrogen functional groups attached to an aromatic ring is 1. The number of halogens is 4. The minimum absolute atomic E-state index is 0.262. The highest BCUT2D eigenvalue weighted by Gasteiger charge is 2.32. The predicted octanol–water partition coefficient (Wildman–Crippen LogP) is 7.53. The molecule has 2 N–H and O–H groups in total. The van der Waals surface area contributed by atoms with E-state index in [2.05, 4.69) is 9.97 Å². The van der Waals surface area contributed by atoms with Crippen molar-refractivity contribution in [1.29, 1.82) is 0 Å². The van der Waals surface area contributed by atoms with Crippen molar-refractivity contribution in [3.05, 3.63) is 111 Å². The second kappa shape index (κ2) is 11.2. The van der Waals surface area contributed by atoms with E-state index in [4.69, 9.17) is 5.73 Å². The van der Waals surface area contributed by atoms with Gasteiger partial charge in [0.05, 0.1) is 11.3 Å². The molecule has 36 heavy (non-hydrogen) atoms. The first kappa shape index (κ1) is 25.8. The molecule has 0 unspecified atom stereocenters. The maximum absolute atomic E-state index is 13.9. The number of benzene rings is 2. The largest absolute Gasteiger partial charge is 0.416 e. The quantitative estimate of drug-likeness (QED) is 0.287. The summed E-state index contributed by atoms with van der Waals surface area (Å²) in [6.45, 7) is 1.88. The highest BCUT2D eigenvalue weighted by Crippen LogP contribution is 2.35. The average Bonchev–Trinajstić information content (AvgIpc) is 3.23. The molecule has 1 aliphatic rings. The van der Waals surface area contributed by atoms with Gasteiger partial charge >= 0.3 is 6.18 Å². The third-order valence-electron chi connectivity index (χ3n) is 6.09. The molecule has 3 nitrogen and oxygen atoms in total. The Labute approximate surface area is 212 Å². The topological polar surface area (TPSA) is 51.8 Å². The van der Waals surface area contributed by atoms with Crippen LogP contribution in [0.4, 0.5) is 22.7 Å². The lowest BCUT2D eigenvalue weighted by molar-refractivity contribution is -0.137. The maximum Gasteiger partial charge on any atom is 0.416 e. The number of hydrogen-bond donors (Lipinski definition) is 1. The summed E-state index contributed by atoms with van der Waals surface area (Å²) in [5.41, 5.74) is 8.60. The van der Waals surface area contributed by atoms with Crippen LogP contribution in [-0.4, -0.2) is 9.97 Å². The van der Waals surface area contributed by atoms with E-state index in [1.165, 1.54) is 29.8 Å². The van der Waals surface area contributed by atoms with E-state index in [1.54, 1.807) is 23.6 Å². The Balaban J connectivity index is 0.000000251. The summed E-state index contributed by atoms with van der Waals surface area (Å²) >= 11 is 1.66. The summed E-state index contributed by atoms with van der Waals surface area (Å²) in [6.07, 6.45) is 2.43. The summed E-state index contributed by atoms with van der Waals surface area (Å²) < 4.78 is 53.3. The van der Waals surface area contributed by atoms with Crippen molar-refractivity contribution in [2.45, 2.75) is 51.1 Å². The highest BCUT2D eigenvalue weighted by molar-refractivity contribution is 7.15. The number of nitrogens with zero attached hydrogens (tertiary/aromatic N) is 2. The zero-order valence-electron chi connectivity index (χ0n) is 19.9. The Morgan fingerprint density at radius 2 is 1.75 bits per heavy atom. The lowest BCUT2D eigenvalue weighted by atomic mass is 9.87. The second-order valence-corrected chi connectivity index (χ2v) is 10.0. The molecule has 0 fully saturated rings. The number of nitrogens with two attached hydrogens (primary N) is 1. The first-order valence-electron chi connectivity index (χ1n) is 11.8. The molecule has 4 aromatic rings. The molecule has 2 aromatic heterocycles. The van der Waals surface area contributed by atoms with E-state index in [1.807, 2.05) is 43.3 Å². The van der Waals surface area contributed by atoms with Crippen LogP contribution in [0.3, 0.4) is 0 Å². The number of rotatable bonds is 4. The molecule has 0 amide bonds. The monoisotopic (exact) mass is 513 g/mol. The molecule has 0 radical (unpaired) electrons. The lowest BCUT2D eigenvalue weighted by Gasteiger charge is -2.19. The highest BCUT2D eigenvalue weighted by atomic mass is 32.1. The van der Waals surface area contributed by atoms with E-state index in [0.29, 0.717) is 18.2 Å². The van der Waals surface area contributed by atoms with Crippen molar-refractivity contribution in [3.8, 4) is 0 Å². The van der Waals surface area contributed by atoms with Gasteiger partial charge in [-0.15, -0.1) is 11.3 Å². The van der Waals surface area contributed by atoms with Gasteiger partial charge < -0.3 is 5.73 Å². The minimum atomic E-state index is -4.60. The first-order chi connectivity index (χ1) is 17.2. The predicted molar refractivity (Wildman–Crippen MR) is 136 cm³/mol. The summed E-state index contributed by atoms with van der Waals surface area (Å²) in [4.78, 5) is 10.0. The van der Waals surface area contributed by atoms with Crippen LogP contribution in [0.2, 0.25) is 0 Å². The molecule has 5 rings (SSSR count). The number of hydrogen-bond acceptors (Lipinski definition) is 4. The number of pyridine rings is 1. The van der Waals surface area contributed by atoms with Crippen LogP contribution in [0.1, 0.15) is 57.3 Å². The van der Waals surface area contributed by atoms with Crippen molar-refractivity contribution in [3.63, 3.8) is 0 Å². The summed E-state index contributed by atoms with van der Waals surface area (Å²) in [5.74, 6) is -1.38. The van der Waals surface area contributed by atoms with Gasteiger partial charge in [0.1, 0.15) is 5.82 Å². The Kier molecular flexibility index (Phi) is 8.04. The summed E-state index contributed by atoms with van der Waals surface area (Å²) in [5, 5.41) is 0.743. The van der Waals surface area contributed by atoms with E-state index < -0.39 is 23.5 Å². The van der Waals surface area contributed by atoms with Crippen LogP contribution in [0.25, 0.3) is 0 Å². The molecule has 2 heterocycles. The molecule has 0 spiro atoms. The maximum atomic E-state index is 13.9. The third-order valence-corrected chi connectivity index (χ3v) is 7.07. The molecule has 2 aromatic carbocycles. The summed E-state index contributed by atoms with van der Waals surface area (Å²) in [6, 6.07) is 15.7. The summed E-state index contributed by atoms with van der Waals surface area (Å²) in [7, 11) is 0. The van der Waals surface area contributed by atoms with Crippen LogP contribution >= 0.6 is 11.3 Å². The SMILES string of the molecule is Cc1ccc([C@H](Cc2ccccc2)c2cc(F)cc(C(F)(F)F)c2)nc1.Nc1nc2c(s1)CCCC2. The number of anilines is 1. The van der Waals surface area contributed by atoms with E-state index in [9.17, 15) is 17.6 Å². The zero-order chi connectivity index (χ0) is 25.7. The molecule has 0 aliphatic heterocycles. The zero-order valence-corrected chi connectivity index (χ0v) is 20.7. The number of aryl methyl sites for hydroxylation is 3. The number of fused-ring (bicyclic) bond motifs is 1. The Morgan fingerprint density at radius 1 is 1.00 bits per heavy atom. The van der Waals surface area contributed by atoms with Crippen LogP contribution in [-0.2, 0) is 25.4 Å². The van der Waals surface area contributed by atoms with Gasteiger partial charge in [0.15, 0.2) is 5.13 Å². The minimum Gasteiger partial charge on any atom is -0.375 e. The van der Waals surface area contributed by atoms with E-state index in [-0.39, 0.29) is 5.56 Å². The van der Waals surface area contributed by atoms with Crippen LogP contribution in [0.5, 0.6) is 0 Å². The van der Waals surface area contributed by atoms with E-state index in [0.717, 1.165) is 34.8 Å². The van der Waals surface area contributed by atoms with Crippen molar-refractivity contribution in [2.24, 2.45) is 0 Å². The van der Waals surface area contributed by atoms with Crippen LogP contribution < -0.4 is 5.73 Å². The van der Waals surface area contributed by atoms with Gasteiger partial charge in [0.25, 0.3) is 0 Å². The molecule has 0 saturated heterocycles. The second-order valence-electron chi connectivity index (χ2n) is 8.90. The van der Waals surface area contributed by atoms with Gasteiger partial charge in [-0.2, -0.15) is 13.2 Å². The third kappa shape index (κ3) is 6.69. The molecule has 0 saturated carbocycles. The smallest absolute Gasteiger partial charge is 0.375 e. The average molecular weight is 514 g/mol. The van der Waals surface area contributed by atoms with Crippen molar-refractivity contribution in [2.75, 3.05) is 5.73 Å². The van der Waals surface area contributed by atoms with Crippen molar-refractivity contribution < 1.29 is 17.6 Å². The van der Waals surface area contributed by atoms with Crippen molar-refractivity contribution in [1.82, 2.24) is 9.97 Å². The first-order valence-corrected chi connectivity index (χ1v) is 12.6. The molecule has 0 bridgehead atoms. The Bertz CT molecular complexity index is 1260. The van der Waals surface area contributed by atoms with Gasteiger partial charge in [-0.1, -0.05) is 36.4 Å². The molecule has 1 aliphatic carbocycles. The molecular formula is C28H27F4N3S. The molecule has 8 heteroatoms. The van der Waals surface area contributed by atoms with Crippen molar-refractivity contribution >= 4 is 16.5 Å². The van der Waals surface area contributed by atoms with Gasteiger partial charge in [0.2, 0.25) is 0 Å².